The van der Waals surface area contributed by atoms with E-state index in [0.29, 0.717) is 20.7 Å². The molecule has 104 valence electrons. The third kappa shape index (κ3) is 3.04. The first-order valence-electron chi connectivity index (χ1n) is 6.11. The quantitative estimate of drug-likeness (QED) is 0.739. The van der Waals surface area contributed by atoms with Crippen molar-refractivity contribution in [1.29, 1.82) is 0 Å². The van der Waals surface area contributed by atoms with Crippen LogP contribution in [0.3, 0.4) is 0 Å². The number of amides is 1. The first-order chi connectivity index (χ1) is 10.1. The molecule has 0 atom stereocenters. The molecule has 21 heavy (non-hydrogen) atoms. The van der Waals surface area contributed by atoms with Crippen molar-refractivity contribution in [1.82, 2.24) is 9.97 Å². The Hall–Kier alpha value is -1.98. The van der Waals surface area contributed by atoms with Gasteiger partial charge in [-0.15, -0.1) is 0 Å². The van der Waals surface area contributed by atoms with E-state index in [1.54, 1.807) is 42.7 Å². The minimum Gasteiger partial charge on any atom is -0.322 e. The highest BCUT2D eigenvalue weighted by Gasteiger charge is 2.09. The Labute approximate surface area is 134 Å². The lowest BCUT2D eigenvalue weighted by molar-refractivity contribution is 0.102. The second-order valence-corrected chi connectivity index (χ2v) is 5.60. The number of benzene rings is 2. The number of anilines is 1. The van der Waals surface area contributed by atoms with Crippen LogP contribution in [0.25, 0.3) is 11.0 Å². The van der Waals surface area contributed by atoms with Gasteiger partial charge in [-0.2, -0.15) is 0 Å². The van der Waals surface area contributed by atoms with Gasteiger partial charge in [0.05, 0.1) is 16.1 Å². The number of hydrogen-bond donors (Lipinski definition) is 1. The van der Waals surface area contributed by atoms with E-state index in [9.17, 15) is 4.79 Å². The number of nitrogens with one attached hydrogen (secondary N) is 1. The fraction of sp³-hybridized carbons (Fsp3) is 0. The number of carbonyl (C=O) groups is 1. The normalized spacial score (nSPS) is 10.6. The molecule has 0 bridgehead atoms. The second kappa shape index (κ2) is 5.79. The van der Waals surface area contributed by atoms with Crippen LogP contribution >= 0.6 is 27.5 Å². The molecule has 0 spiro atoms. The van der Waals surface area contributed by atoms with E-state index in [4.69, 9.17) is 11.6 Å². The van der Waals surface area contributed by atoms with Crippen molar-refractivity contribution in [3.63, 3.8) is 0 Å². The molecule has 4 nitrogen and oxygen atoms in total. The number of halogens is 2. The summed E-state index contributed by atoms with van der Waals surface area (Å²) in [6.45, 7) is 0. The number of carbonyl (C=O) groups excluding carboxylic acids is 1. The highest BCUT2D eigenvalue weighted by Crippen LogP contribution is 2.24. The Morgan fingerprint density at radius 1 is 1.05 bits per heavy atom. The summed E-state index contributed by atoms with van der Waals surface area (Å²) in [5.41, 5.74) is 2.70. The van der Waals surface area contributed by atoms with Gasteiger partial charge in [0.1, 0.15) is 0 Å². The zero-order valence-electron chi connectivity index (χ0n) is 10.7. The van der Waals surface area contributed by atoms with E-state index in [-0.39, 0.29) is 5.91 Å². The number of rotatable bonds is 2. The van der Waals surface area contributed by atoms with Gasteiger partial charge < -0.3 is 5.32 Å². The van der Waals surface area contributed by atoms with Gasteiger partial charge in [0.2, 0.25) is 0 Å². The maximum Gasteiger partial charge on any atom is 0.255 e. The van der Waals surface area contributed by atoms with Gasteiger partial charge in [-0.1, -0.05) is 11.6 Å². The molecule has 6 heteroatoms. The van der Waals surface area contributed by atoms with Crippen LogP contribution < -0.4 is 5.32 Å². The van der Waals surface area contributed by atoms with Crippen LogP contribution in [0.2, 0.25) is 5.02 Å². The predicted octanol–water partition coefficient (Wildman–Crippen LogP) is 4.30. The summed E-state index contributed by atoms with van der Waals surface area (Å²) in [5, 5.41) is 3.39. The number of fused-ring (bicyclic) bond motifs is 1. The minimum atomic E-state index is -0.212. The number of aromatic nitrogens is 2. The molecular weight excluding hydrogens is 354 g/mol. The number of hydrogen-bond acceptors (Lipinski definition) is 3. The van der Waals surface area contributed by atoms with Crippen LogP contribution in [0.4, 0.5) is 5.69 Å². The minimum absolute atomic E-state index is 0.212. The SMILES string of the molecule is O=C(Nc1ccc2nccnc2c1)c1ccc(Cl)c(Br)c1. The monoisotopic (exact) mass is 361 g/mol. The predicted molar refractivity (Wildman–Crippen MR) is 86.6 cm³/mol. The lowest BCUT2D eigenvalue weighted by atomic mass is 10.2. The lowest BCUT2D eigenvalue weighted by Crippen LogP contribution is -2.11. The molecule has 0 radical (unpaired) electrons. The van der Waals surface area contributed by atoms with Gasteiger partial charge in [0.25, 0.3) is 5.91 Å². The third-order valence-corrected chi connectivity index (χ3v) is 4.12. The van der Waals surface area contributed by atoms with Gasteiger partial charge in [0.15, 0.2) is 0 Å². The Bertz CT molecular complexity index is 838. The largest absolute Gasteiger partial charge is 0.322 e. The first kappa shape index (κ1) is 14.0. The van der Waals surface area contributed by atoms with Crippen molar-refractivity contribution in [2.24, 2.45) is 0 Å². The molecule has 1 aromatic heterocycles. The van der Waals surface area contributed by atoms with Crippen molar-refractivity contribution in [2.75, 3.05) is 5.32 Å². The molecule has 0 aliphatic carbocycles. The van der Waals surface area contributed by atoms with Crippen molar-refractivity contribution < 1.29 is 4.79 Å². The Morgan fingerprint density at radius 2 is 1.81 bits per heavy atom. The summed E-state index contributed by atoms with van der Waals surface area (Å²) in [5.74, 6) is -0.212. The Balaban J connectivity index is 1.87. The standard InChI is InChI=1S/C15H9BrClN3O/c16-11-7-9(1-3-12(11)17)15(21)20-10-2-4-13-14(8-10)19-6-5-18-13/h1-8H,(H,20,21). The second-order valence-electron chi connectivity index (χ2n) is 4.34. The number of nitrogens with zero attached hydrogens (tertiary/aromatic N) is 2. The zero-order chi connectivity index (χ0) is 14.8. The molecule has 2 aromatic carbocycles. The van der Waals surface area contributed by atoms with Crippen LogP contribution in [-0.4, -0.2) is 15.9 Å². The van der Waals surface area contributed by atoms with Crippen molar-refractivity contribution in [2.45, 2.75) is 0 Å². The summed E-state index contributed by atoms with van der Waals surface area (Å²) < 4.78 is 0.682. The third-order valence-electron chi connectivity index (χ3n) is 2.91. The first-order valence-corrected chi connectivity index (χ1v) is 7.28. The highest BCUT2D eigenvalue weighted by molar-refractivity contribution is 9.10. The van der Waals surface area contributed by atoms with Crippen LogP contribution in [0, 0.1) is 0 Å². The van der Waals surface area contributed by atoms with Gasteiger partial charge in [0, 0.05) is 28.1 Å². The van der Waals surface area contributed by atoms with E-state index in [1.165, 1.54) is 0 Å². The van der Waals surface area contributed by atoms with E-state index < -0.39 is 0 Å². The van der Waals surface area contributed by atoms with Gasteiger partial charge in [-0.3, -0.25) is 14.8 Å². The summed E-state index contributed by atoms with van der Waals surface area (Å²) in [6.07, 6.45) is 3.25. The van der Waals surface area contributed by atoms with Crippen molar-refractivity contribution >= 4 is 50.2 Å². The topological polar surface area (TPSA) is 54.9 Å². The summed E-state index contributed by atoms with van der Waals surface area (Å²) in [6, 6.07) is 10.4. The van der Waals surface area contributed by atoms with Gasteiger partial charge >= 0.3 is 0 Å². The Kier molecular flexibility index (Phi) is 3.86. The Morgan fingerprint density at radius 3 is 2.57 bits per heavy atom. The lowest BCUT2D eigenvalue weighted by Gasteiger charge is -2.07. The van der Waals surface area contributed by atoms with E-state index in [1.807, 2.05) is 6.07 Å². The molecule has 0 saturated carbocycles. The molecule has 0 unspecified atom stereocenters. The van der Waals surface area contributed by atoms with Crippen LogP contribution in [0.15, 0.2) is 53.3 Å². The molecule has 0 fully saturated rings. The summed E-state index contributed by atoms with van der Waals surface area (Å²) in [7, 11) is 0. The molecule has 0 aliphatic rings. The molecule has 0 saturated heterocycles. The average Bonchev–Trinajstić information content (AvgIpc) is 2.50. The molecule has 1 N–H and O–H groups in total. The molecule has 0 aliphatic heterocycles. The summed E-state index contributed by atoms with van der Waals surface area (Å²) >= 11 is 9.22. The van der Waals surface area contributed by atoms with E-state index in [2.05, 4.69) is 31.2 Å². The van der Waals surface area contributed by atoms with Crippen molar-refractivity contribution in [3.05, 3.63) is 63.9 Å². The zero-order valence-corrected chi connectivity index (χ0v) is 13.0. The molecule has 3 aromatic rings. The smallest absolute Gasteiger partial charge is 0.255 e. The fourth-order valence-electron chi connectivity index (χ4n) is 1.88. The summed E-state index contributed by atoms with van der Waals surface area (Å²) in [4.78, 5) is 20.6. The van der Waals surface area contributed by atoms with E-state index in [0.717, 1.165) is 11.0 Å². The molecule has 3 rings (SSSR count). The molecule has 1 heterocycles. The van der Waals surface area contributed by atoms with Gasteiger partial charge in [-0.05, 0) is 52.3 Å². The van der Waals surface area contributed by atoms with E-state index >= 15 is 0 Å². The fourth-order valence-corrected chi connectivity index (χ4v) is 2.38. The van der Waals surface area contributed by atoms with Gasteiger partial charge in [-0.25, -0.2) is 0 Å². The molecule has 1 amide bonds. The van der Waals surface area contributed by atoms with Crippen LogP contribution in [0.1, 0.15) is 10.4 Å². The maximum atomic E-state index is 12.2. The van der Waals surface area contributed by atoms with Crippen LogP contribution in [0.5, 0.6) is 0 Å². The average molecular weight is 363 g/mol. The van der Waals surface area contributed by atoms with Crippen LogP contribution in [-0.2, 0) is 0 Å². The maximum absolute atomic E-state index is 12.2. The van der Waals surface area contributed by atoms with Crippen molar-refractivity contribution in [3.8, 4) is 0 Å². The molecular formula is C15H9BrClN3O. The highest BCUT2D eigenvalue weighted by atomic mass is 79.9.